The van der Waals surface area contributed by atoms with Crippen molar-refractivity contribution in [1.82, 2.24) is 0 Å². The first-order valence-corrected chi connectivity index (χ1v) is 5.91. The highest BCUT2D eigenvalue weighted by Gasteiger charge is 2.19. The summed E-state index contributed by atoms with van der Waals surface area (Å²) in [7, 11) is 1.51. The Morgan fingerprint density at radius 2 is 2.00 bits per heavy atom. The number of nitro groups is 1. The topological polar surface area (TPSA) is 83.7 Å². The molecule has 2 aromatic carbocycles. The highest BCUT2D eigenvalue weighted by molar-refractivity contribution is 5.96. The molecule has 21 heavy (non-hydrogen) atoms. The zero-order valence-electron chi connectivity index (χ0n) is 11.0. The third-order valence-corrected chi connectivity index (χ3v) is 2.98. The minimum atomic E-state index is -1.22. The Kier molecular flexibility index (Phi) is 3.84. The van der Waals surface area contributed by atoms with Crippen molar-refractivity contribution in [3.8, 4) is 0 Å². The van der Waals surface area contributed by atoms with Crippen molar-refractivity contribution in [2.24, 2.45) is 0 Å². The fourth-order valence-electron chi connectivity index (χ4n) is 1.92. The lowest BCUT2D eigenvalue weighted by Crippen LogP contribution is -2.14. The van der Waals surface area contributed by atoms with E-state index >= 15 is 0 Å². The van der Waals surface area contributed by atoms with Gasteiger partial charge in [0.05, 0.1) is 16.2 Å². The molecule has 0 aliphatic heterocycles. The average molecular weight is 290 g/mol. The molecule has 0 spiro atoms. The summed E-state index contributed by atoms with van der Waals surface area (Å²) in [6, 6.07) is 8.94. The van der Waals surface area contributed by atoms with Crippen LogP contribution in [0.15, 0.2) is 42.5 Å². The Morgan fingerprint density at radius 1 is 1.29 bits per heavy atom. The predicted molar refractivity (Wildman–Crippen MR) is 74.5 cm³/mol. The number of nitro benzene ring substituents is 1. The number of halogens is 1. The first kappa shape index (κ1) is 14.4. The van der Waals surface area contributed by atoms with Crippen LogP contribution in [-0.4, -0.2) is 23.0 Å². The van der Waals surface area contributed by atoms with Crippen molar-refractivity contribution >= 4 is 23.0 Å². The molecule has 0 saturated heterocycles. The van der Waals surface area contributed by atoms with Crippen LogP contribution in [0.2, 0.25) is 0 Å². The molecule has 0 bridgehead atoms. The van der Waals surface area contributed by atoms with E-state index in [1.54, 1.807) is 6.07 Å². The van der Waals surface area contributed by atoms with Gasteiger partial charge in [-0.25, -0.2) is 9.18 Å². The van der Waals surface area contributed by atoms with Gasteiger partial charge >= 0.3 is 5.97 Å². The highest BCUT2D eigenvalue weighted by atomic mass is 19.1. The van der Waals surface area contributed by atoms with Gasteiger partial charge in [-0.3, -0.25) is 10.1 Å². The van der Waals surface area contributed by atoms with Crippen LogP contribution in [0.4, 0.5) is 21.5 Å². The third kappa shape index (κ3) is 2.97. The van der Waals surface area contributed by atoms with E-state index in [0.29, 0.717) is 5.69 Å². The molecule has 0 aromatic heterocycles. The van der Waals surface area contributed by atoms with Crippen molar-refractivity contribution in [3.05, 3.63) is 64.0 Å². The maximum absolute atomic E-state index is 13.3. The maximum Gasteiger partial charge on any atom is 0.337 e. The molecule has 2 aromatic rings. The monoisotopic (exact) mass is 290 g/mol. The van der Waals surface area contributed by atoms with Crippen LogP contribution in [0.5, 0.6) is 0 Å². The van der Waals surface area contributed by atoms with Crippen LogP contribution >= 0.6 is 0 Å². The Hall–Kier alpha value is -2.96. The summed E-state index contributed by atoms with van der Waals surface area (Å²) in [5.74, 6) is -1.70. The fourth-order valence-corrected chi connectivity index (χ4v) is 1.92. The van der Waals surface area contributed by atoms with E-state index in [-0.39, 0.29) is 16.9 Å². The largest absolute Gasteiger partial charge is 0.478 e. The van der Waals surface area contributed by atoms with Crippen molar-refractivity contribution in [2.75, 3.05) is 11.9 Å². The van der Waals surface area contributed by atoms with Crippen molar-refractivity contribution in [3.63, 3.8) is 0 Å². The summed E-state index contributed by atoms with van der Waals surface area (Å²) in [6.45, 7) is 0. The first-order chi connectivity index (χ1) is 9.90. The van der Waals surface area contributed by atoms with Crippen LogP contribution in [-0.2, 0) is 0 Å². The standard InChI is InChI=1S/C14H11FN2O4/c1-16(10-4-2-3-9(15)7-10)13-8-11(17(20)21)5-6-12(13)14(18)19/h2-8H,1H3,(H,18,19). The second-order valence-corrected chi connectivity index (χ2v) is 4.30. The Labute approximate surface area is 119 Å². The lowest BCUT2D eigenvalue weighted by Gasteiger charge is -2.21. The molecule has 0 heterocycles. The molecule has 0 radical (unpaired) electrons. The molecule has 108 valence electrons. The van der Waals surface area contributed by atoms with Crippen LogP contribution in [0.3, 0.4) is 0 Å². The lowest BCUT2D eigenvalue weighted by molar-refractivity contribution is -0.384. The highest BCUT2D eigenvalue weighted by Crippen LogP contribution is 2.30. The van der Waals surface area contributed by atoms with Gasteiger partial charge in [0.25, 0.3) is 5.69 Å². The second-order valence-electron chi connectivity index (χ2n) is 4.30. The van der Waals surface area contributed by atoms with Crippen LogP contribution in [0, 0.1) is 15.9 Å². The molecular weight excluding hydrogens is 279 g/mol. The second kappa shape index (κ2) is 5.58. The molecule has 0 saturated carbocycles. The van der Waals surface area contributed by atoms with E-state index in [1.165, 1.54) is 30.1 Å². The molecule has 0 unspecified atom stereocenters. The van der Waals surface area contributed by atoms with Gasteiger partial charge in [-0.15, -0.1) is 0 Å². The van der Waals surface area contributed by atoms with Gasteiger partial charge < -0.3 is 10.0 Å². The molecule has 2 rings (SSSR count). The quantitative estimate of drug-likeness (QED) is 0.690. The SMILES string of the molecule is CN(c1cccc(F)c1)c1cc([N+](=O)[O-])ccc1C(=O)O. The zero-order valence-corrected chi connectivity index (χ0v) is 11.0. The van der Waals surface area contributed by atoms with Gasteiger partial charge in [0.2, 0.25) is 0 Å². The zero-order chi connectivity index (χ0) is 15.6. The Morgan fingerprint density at radius 3 is 2.57 bits per heavy atom. The molecule has 7 heteroatoms. The van der Waals surface area contributed by atoms with E-state index in [4.69, 9.17) is 0 Å². The number of carboxylic acids is 1. The van der Waals surface area contributed by atoms with Gasteiger partial charge in [-0.1, -0.05) is 6.07 Å². The van der Waals surface area contributed by atoms with Gasteiger partial charge in [0.15, 0.2) is 0 Å². The predicted octanol–water partition coefficient (Wildman–Crippen LogP) is 3.20. The number of hydrogen-bond acceptors (Lipinski definition) is 4. The summed E-state index contributed by atoms with van der Waals surface area (Å²) in [5.41, 5.74) is 0.158. The average Bonchev–Trinajstić information content (AvgIpc) is 2.45. The van der Waals surface area contributed by atoms with E-state index in [0.717, 1.165) is 18.2 Å². The molecule has 0 amide bonds. The number of rotatable bonds is 4. The lowest BCUT2D eigenvalue weighted by atomic mass is 10.1. The van der Waals surface area contributed by atoms with Gasteiger partial charge in [0, 0.05) is 24.9 Å². The Bertz CT molecular complexity index is 718. The summed E-state index contributed by atoms with van der Waals surface area (Å²) >= 11 is 0. The molecule has 0 atom stereocenters. The number of nitrogens with zero attached hydrogens (tertiary/aromatic N) is 2. The first-order valence-electron chi connectivity index (χ1n) is 5.91. The van der Waals surface area contributed by atoms with E-state index < -0.39 is 16.7 Å². The number of benzene rings is 2. The number of non-ortho nitro benzene ring substituents is 1. The number of anilines is 2. The van der Waals surface area contributed by atoms with Crippen molar-refractivity contribution in [1.29, 1.82) is 0 Å². The number of aromatic carboxylic acids is 1. The molecule has 0 aliphatic rings. The summed E-state index contributed by atoms with van der Waals surface area (Å²) in [5, 5.41) is 20.0. The molecule has 6 nitrogen and oxygen atoms in total. The van der Waals surface area contributed by atoms with Crippen molar-refractivity contribution in [2.45, 2.75) is 0 Å². The summed E-state index contributed by atoms with van der Waals surface area (Å²) in [4.78, 5) is 22.8. The minimum absolute atomic E-state index is 0.104. The Balaban J connectivity index is 2.56. The summed E-state index contributed by atoms with van der Waals surface area (Å²) in [6.07, 6.45) is 0. The van der Waals surface area contributed by atoms with Crippen LogP contribution < -0.4 is 4.90 Å². The normalized spacial score (nSPS) is 10.2. The van der Waals surface area contributed by atoms with E-state index in [2.05, 4.69) is 0 Å². The van der Waals surface area contributed by atoms with Crippen molar-refractivity contribution < 1.29 is 19.2 Å². The number of carbonyl (C=O) groups is 1. The van der Waals surface area contributed by atoms with Gasteiger partial charge in [-0.2, -0.15) is 0 Å². The molecular formula is C14H11FN2O4. The fraction of sp³-hybridized carbons (Fsp3) is 0.0714. The van der Waals surface area contributed by atoms with E-state index in [1.807, 2.05) is 0 Å². The third-order valence-electron chi connectivity index (χ3n) is 2.98. The summed E-state index contributed by atoms with van der Waals surface area (Å²) < 4.78 is 13.3. The van der Waals surface area contributed by atoms with Gasteiger partial charge in [-0.05, 0) is 24.3 Å². The number of hydrogen-bond donors (Lipinski definition) is 1. The smallest absolute Gasteiger partial charge is 0.337 e. The molecule has 0 aliphatic carbocycles. The number of carboxylic acid groups (broad SMARTS) is 1. The van der Waals surface area contributed by atoms with Crippen LogP contribution in [0.25, 0.3) is 0 Å². The maximum atomic E-state index is 13.3. The molecule has 1 N–H and O–H groups in total. The minimum Gasteiger partial charge on any atom is -0.478 e. The molecule has 0 fully saturated rings. The van der Waals surface area contributed by atoms with E-state index in [9.17, 15) is 24.4 Å². The van der Waals surface area contributed by atoms with Crippen LogP contribution in [0.1, 0.15) is 10.4 Å². The van der Waals surface area contributed by atoms with Gasteiger partial charge in [0.1, 0.15) is 5.82 Å².